The molecule has 3 rings (SSSR count). The van der Waals surface area contributed by atoms with Crippen LogP contribution in [-0.2, 0) is 20.1 Å². The molecule has 0 amide bonds. The fourth-order valence-corrected chi connectivity index (χ4v) is 2.75. The van der Waals surface area contributed by atoms with E-state index < -0.39 is 0 Å². The van der Waals surface area contributed by atoms with Crippen LogP contribution in [0.4, 0.5) is 0 Å². The highest BCUT2D eigenvalue weighted by Crippen LogP contribution is 2.28. The van der Waals surface area contributed by atoms with Crippen molar-refractivity contribution in [3.8, 4) is 0 Å². The smallest absolute Gasteiger partial charge is 0.0534 e. The lowest BCUT2D eigenvalue weighted by Gasteiger charge is -2.08. The molecule has 110 valence electrons. The Bertz CT molecular complexity index is 527. The van der Waals surface area contributed by atoms with Crippen LogP contribution in [0.3, 0.4) is 0 Å². The number of aromatic nitrogens is 4. The van der Waals surface area contributed by atoms with Crippen molar-refractivity contribution in [3.63, 3.8) is 0 Å². The van der Waals surface area contributed by atoms with Crippen LogP contribution < -0.4 is 5.32 Å². The Hall–Kier alpha value is -1.33. The van der Waals surface area contributed by atoms with Gasteiger partial charge in [0.2, 0.25) is 0 Å². The summed E-state index contributed by atoms with van der Waals surface area (Å²) in [5.74, 6) is 0. The van der Waals surface area contributed by atoms with E-state index in [1.807, 2.05) is 30.2 Å². The van der Waals surface area contributed by atoms with E-state index in [4.69, 9.17) is 0 Å². The molecule has 5 nitrogen and oxygen atoms in total. The molecule has 20 heavy (non-hydrogen) atoms. The summed E-state index contributed by atoms with van der Waals surface area (Å²) in [7, 11) is 1.97. The van der Waals surface area contributed by atoms with Crippen molar-refractivity contribution < 1.29 is 0 Å². The molecule has 0 bridgehead atoms. The van der Waals surface area contributed by atoms with Gasteiger partial charge in [-0.2, -0.15) is 10.2 Å². The molecule has 0 saturated heterocycles. The van der Waals surface area contributed by atoms with E-state index in [1.54, 1.807) is 0 Å². The standard InChI is InChI=1S/C14H21N5.ClH/c1-18-14(6-7-16-18)10-15-8-12-9-17-19(11-12)13-4-2-3-5-13;/h6-7,9,11,13,15H,2-5,8,10H2,1H3;1H. The van der Waals surface area contributed by atoms with Crippen molar-refractivity contribution in [1.82, 2.24) is 24.9 Å². The molecule has 1 fully saturated rings. The zero-order valence-corrected chi connectivity index (χ0v) is 12.6. The first-order chi connectivity index (χ1) is 9.33. The molecule has 6 heteroatoms. The van der Waals surface area contributed by atoms with Crippen LogP contribution in [0.2, 0.25) is 0 Å². The van der Waals surface area contributed by atoms with Gasteiger partial charge in [0.05, 0.1) is 17.9 Å². The molecule has 0 aliphatic heterocycles. The molecule has 1 aliphatic rings. The first-order valence-corrected chi connectivity index (χ1v) is 7.03. The van der Waals surface area contributed by atoms with E-state index in [1.165, 1.54) is 36.9 Å². The monoisotopic (exact) mass is 295 g/mol. The van der Waals surface area contributed by atoms with Crippen LogP contribution in [0.25, 0.3) is 0 Å². The third-order valence-electron chi connectivity index (χ3n) is 3.91. The van der Waals surface area contributed by atoms with Gasteiger partial charge in [0, 0.05) is 38.1 Å². The zero-order valence-electron chi connectivity index (χ0n) is 11.8. The number of halogens is 1. The normalized spacial score (nSPS) is 15.4. The summed E-state index contributed by atoms with van der Waals surface area (Å²) in [6.45, 7) is 1.70. The zero-order chi connectivity index (χ0) is 13.1. The Labute approximate surface area is 125 Å². The molecule has 1 aliphatic carbocycles. The van der Waals surface area contributed by atoms with Gasteiger partial charge in [0.15, 0.2) is 0 Å². The molecule has 0 spiro atoms. The number of nitrogens with zero attached hydrogens (tertiary/aromatic N) is 4. The maximum absolute atomic E-state index is 4.49. The Kier molecular flexibility index (Phi) is 5.20. The molecule has 2 aromatic rings. The molecule has 0 radical (unpaired) electrons. The SMILES string of the molecule is Cl.Cn1nccc1CNCc1cnn(C2CCCC2)c1. The summed E-state index contributed by atoms with van der Waals surface area (Å²) in [6.07, 6.45) is 11.3. The lowest BCUT2D eigenvalue weighted by Crippen LogP contribution is -2.15. The molecule has 2 heterocycles. The van der Waals surface area contributed by atoms with Crippen molar-refractivity contribution in [1.29, 1.82) is 0 Å². The summed E-state index contributed by atoms with van der Waals surface area (Å²) < 4.78 is 4.04. The minimum absolute atomic E-state index is 0. The Morgan fingerprint density at radius 1 is 1.25 bits per heavy atom. The second kappa shape index (κ2) is 6.90. The first kappa shape index (κ1) is 15.1. The summed E-state index contributed by atoms with van der Waals surface area (Å²) in [6, 6.07) is 2.67. The Balaban J connectivity index is 0.00000147. The van der Waals surface area contributed by atoms with Crippen LogP contribution in [0, 0.1) is 0 Å². The number of aryl methyl sites for hydroxylation is 1. The maximum Gasteiger partial charge on any atom is 0.0534 e. The fourth-order valence-electron chi connectivity index (χ4n) is 2.75. The molecule has 0 atom stereocenters. The average molecular weight is 296 g/mol. The van der Waals surface area contributed by atoms with Gasteiger partial charge in [-0.3, -0.25) is 9.36 Å². The highest BCUT2D eigenvalue weighted by molar-refractivity contribution is 5.85. The van der Waals surface area contributed by atoms with Crippen molar-refractivity contribution in [2.75, 3.05) is 0 Å². The number of rotatable bonds is 5. The molecule has 1 N–H and O–H groups in total. The summed E-state index contributed by atoms with van der Waals surface area (Å²) >= 11 is 0. The number of hydrogen-bond donors (Lipinski definition) is 1. The minimum Gasteiger partial charge on any atom is -0.307 e. The van der Waals surface area contributed by atoms with E-state index in [0.29, 0.717) is 6.04 Å². The third-order valence-corrected chi connectivity index (χ3v) is 3.91. The van der Waals surface area contributed by atoms with Gasteiger partial charge in [0.25, 0.3) is 0 Å². The predicted octanol–water partition coefficient (Wildman–Crippen LogP) is 2.44. The van der Waals surface area contributed by atoms with E-state index in [2.05, 4.69) is 26.4 Å². The van der Waals surface area contributed by atoms with Crippen molar-refractivity contribution in [3.05, 3.63) is 35.9 Å². The molecule has 0 unspecified atom stereocenters. The molecule has 2 aromatic heterocycles. The van der Waals surface area contributed by atoms with Crippen LogP contribution in [0.1, 0.15) is 43.0 Å². The van der Waals surface area contributed by atoms with E-state index >= 15 is 0 Å². The van der Waals surface area contributed by atoms with Gasteiger partial charge in [-0.25, -0.2) is 0 Å². The second-order valence-corrected chi connectivity index (χ2v) is 5.32. The highest BCUT2D eigenvalue weighted by Gasteiger charge is 2.17. The summed E-state index contributed by atoms with van der Waals surface area (Å²) in [5.41, 5.74) is 2.46. The van der Waals surface area contributed by atoms with E-state index in [-0.39, 0.29) is 12.4 Å². The second-order valence-electron chi connectivity index (χ2n) is 5.32. The van der Waals surface area contributed by atoms with Gasteiger partial charge >= 0.3 is 0 Å². The highest BCUT2D eigenvalue weighted by atomic mass is 35.5. The first-order valence-electron chi connectivity index (χ1n) is 7.03. The summed E-state index contributed by atoms with van der Waals surface area (Å²) in [5, 5.41) is 12.1. The Morgan fingerprint density at radius 3 is 2.75 bits per heavy atom. The van der Waals surface area contributed by atoms with Crippen molar-refractivity contribution >= 4 is 12.4 Å². The van der Waals surface area contributed by atoms with Crippen molar-refractivity contribution in [2.24, 2.45) is 7.05 Å². The van der Waals surface area contributed by atoms with Crippen LogP contribution in [0.5, 0.6) is 0 Å². The summed E-state index contributed by atoms with van der Waals surface area (Å²) in [4.78, 5) is 0. The minimum atomic E-state index is 0. The fraction of sp³-hybridized carbons (Fsp3) is 0.571. The van der Waals surface area contributed by atoms with Gasteiger partial charge < -0.3 is 5.32 Å². The van der Waals surface area contributed by atoms with Crippen molar-refractivity contribution in [2.45, 2.75) is 44.8 Å². The van der Waals surface area contributed by atoms with Gasteiger partial charge in [-0.1, -0.05) is 12.8 Å². The molecule has 0 aromatic carbocycles. The average Bonchev–Trinajstić information content (AvgIpc) is 3.11. The van der Waals surface area contributed by atoms with Gasteiger partial charge in [0.1, 0.15) is 0 Å². The number of hydrogen-bond acceptors (Lipinski definition) is 3. The molecular weight excluding hydrogens is 274 g/mol. The third kappa shape index (κ3) is 3.41. The van der Waals surface area contributed by atoms with Gasteiger partial charge in [-0.05, 0) is 18.9 Å². The predicted molar refractivity (Wildman–Crippen MR) is 80.7 cm³/mol. The topological polar surface area (TPSA) is 47.7 Å². The largest absolute Gasteiger partial charge is 0.307 e. The van der Waals surface area contributed by atoms with Gasteiger partial charge in [-0.15, -0.1) is 12.4 Å². The quantitative estimate of drug-likeness (QED) is 0.922. The van der Waals surface area contributed by atoms with Crippen LogP contribution in [0.15, 0.2) is 24.7 Å². The molecular formula is C14H22ClN5. The van der Waals surface area contributed by atoms with Crippen LogP contribution >= 0.6 is 12.4 Å². The number of nitrogens with one attached hydrogen (secondary N) is 1. The molecule has 1 saturated carbocycles. The lowest BCUT2D eigenvalue weighted by atomic mass is 10.2. The Morgan fingerprint density at radius 2 is 2.05 bits per heavy atom. The maximum atomic E-state index is 4.49. The van der Waals surface area contributed by atoms with Crippen LogP contribution in [-0.4, -0.2) is 19.6 Å². The lowest BCUT2D eigenvalue weighted by molar-refractivity contribution is 0.466. The van der Waals surface area contributed by atoms with E-state index in [0.717, 1.165) is 13.1 Å². The van der Waals surface area contributed by atoms with E-state index in [9.17, 15) is 0 Å².